The fraction of sp³-hybridized carbons (Fsp3) is 0.333. The Hall–Kier alpha value is -1.88. The van der Waals surface area contributed by atoms with Gasteiger partial charge in [0, 0.05) is 29.3 Å². The standard InChI is InChI=1S/C12H16N3O2/c1-15(2,3)8-9-7-13-12-6-10(14(16)17)4-5-11(9)12/h4-7,13H,8H2,1-3H3/q+1. The molecule has 90 valence electrons. The number of aromatic amines is 1. The third-order valence-corrected chi connectivity index (χ3v) is 2.61. The number of nitro benzene ring substituents is 1. The molecule has 17 heavy (non-hydrogen) atoms. The topological polar surface area (TPSA) is 58.9 Å². The third-order valence-electron chi connectivity index (χ3n) is 2.61. The zero-order valence-electron chi connectivity index (χ0n) is 10.2. The van der Waals surface area contributed by atoms with Gasteiger partial charge in [-0.05, 0) is 6.07 Å². The summed E-state index contributed by atoms with van der Waals surface area (Å²) in [6.45, 7) is 0.887. The normalized spacial score (nSPS) is 11.9. The number of aromatic nitrogens is 1. The molecule has 0 saturated heterocycles. The lowest BCUT2D eigenvalue weighted by Crippen LogP contribution is -2.33. The van der Waals surface area contributed by atoms with Gasteiger partial charge < -0.3 is 9.47 Å². The first-order valence-electron chi connectivity index (χ1n) is 5.42. The summed E-state index contributed by atoms with van der Waals surface area (Å²) >= 11 is 0. The summed E-state index contributed by atoms with van der Waals surface area (Å²) in [5, 5.41) is 11.7. The minimum Gasteiger partial charge on any atom is -0.360 e. The quantitative estimate of drug-likeness (QED) is 0.503. The predicted molar refractivity (Wildman–Crippen MR) is 66.7 cm³/mol. The Morgan fingerprint density at radius 1 is 1.35 bits per heavy atom. The van der Waals surface area contributed by atoms with Crippen LogP contribution in [-0.4, -0.2) is 35.5 Å². The second-order valence-corrected chi connectivity index (χ2v) is 5.25. The highest BCUT2D eigenvalue weighted by Gasteiger charge is 2.14. The molecule has 0 spiro atoms. The largest absolute Gasteiger partial charge is 0.360 e. The van der Waals surface area contributed by atoms with E-state index in [0.29, 0.717) is 0 Å². The van der Waals surface area contributed by atoms with Gasteiger partial charge in [0.1, 0.15) is 6.54 Å². The molecule has 0 atom stereocenters. The van der Waals surface area contributed by atoms with Crippen LogP contribution in [0.4, 0.5) is 5.69 Å². The number of nitrogens with one attached hydrogen (secondary N) is 1. The zero-order valence-corrected chi connectivity index (χ0v) is 10.2. The zero-order chi connectivity index (χ0) is 12.6. The van der Waals surface area contributed by atoms with Crippen molar-refractivity contribution in [3.63, 3.8) is 0 Å². The van der Waals surface area contributed by atoms with E-state index >= 15 is 0 Å². The first-order valence-corrected chi connectivity index (χ1v) is 5.42. The lowest BCUT2D eigenvalue weighted by atomic mass is 10.1. The number of fused-ring (bicyclic) bond motifs is 1. The van der Waals surface area contributed by atoms with Crippen LogP contribution in [0.25, 0.3) is 10.9 Å². The Labute approximate surface area is 99.4 Å². The molecule has 0 unspecified atom stereocenters. The number of benzene rings is 1. The Morgan fingerprint density at radius 3 is 2.65 bits per heavy atom. The van der Waals surface area contributed by atoms with Crippen molar-refractivity contribution in [3.8, 4) is 0 Å². The van der Waals surface area contributed by atoms with Crippen molar-refractivity contribution in [2.24, 2.45) is 0 Å². The van der Waals surface area contributed by atoms with Crippen LogP contribution >= 0.6 is 0 Å². The average Bonchev–Trinajstić information content (AvgIpc) is 2.58. The van der Waals surface area contributed by atoms with Crippen LogP contribution in [-0.2, 0) is 6.54 Å². The molecule has 1 aromatic heterocycles. The van der Waals surface area contributed by atoms with E-state index in [9.17, 15) is 10.1 Å². The highest BCUT2D eigenvalue weighted by Crippen LogP contribution is 2.24. The molecule has 5 heteroatoms. The van der Waals surface area contributed by atoms with Crippen molar-refractivity contribution < 1.29 is 9.41 Å². The summed E-state index contributed by atoms with van der Waals surface area (Å²) < 4.78 is 0.823. The Bertz CT molecular complexity index is 567. The SMILES string of the molecule is C[N+](C)(C)Cc1c[nH]c2cc([N+](=O)[O-])ccc12. The number of hydrogen-bond donors (Lipinski definition) is 1. The molecule has 2 aromatic rings. The molecule has 1 N–H and O–H groups in total. The van der Waals surface area contributed by atoms with Crippen molar-refractivity contribution >= 4 is 16.6 Å². The summed E-state index contributed by atoms with van der Waals surface area (Å²) in [4.78, 5) is 13.4. The van der Waals surface area contributed by atoms with Crippen molar-refractivity contribution in [2.75, 3.05) is 21.1 Å². The van der Waals surface area contributed by atoms with E-state index in [1.807, 2.05) is 12.3 Å². The predicted octanol–water partition coefficient (Wildman–Crippen LogP) is 2.28. The molecule has 0 amide bonds. The number of nitrogens with zero attached hydrogens (tertiary/aromatic N) is 2. The molecule has 0 saturated carbocycles. The van der Waals surface area contributed by atoms with Gasteiger partial charge in [-0.15, -0.1) is 0 Å². The Kier molecular flexibility index (Phi) is 2.63. The molecule has 0 bridgehead atoms. The van der Waals surface area contributed by atoms with Crippen LogP contribution < -0.4 is 0 Å². The lowest BCUT2D eigenvalue weighted by molar-refractivity contribution is -0.883. The summed E-state index contributed by atoms with van der Waals surface area (Å²) in [5.41, 5.74) is 2.13. The van der Waals surface area contributed by atoms with E-state index in [0.717, 1.165) is 21.9 Å². The van der Waals surface area contributed by atoms with Crippen LogP contribution in [0.2, 0.25) is 0 Å². The van der Waals surface area contributed by atoms with E-state index in [1.165, 1.54) is 5.56 Å². The molecule has 1 heterocycles. The van der Waals surface area contributed by atoms with E-state index in [4.69, 9.17) is 0 Å². The maximum atomic E-state index is 10.7. The van der Waals surface area contributed by atoms with Gasteiger partial charge in [-0.1, -0.05) is 0 Å². The van der Waals surface area contributed by atoms with Gasteiger partial charge in [-0.25, -0.2) is 0 Å². The van der Waals surface area contributed by atoms with E-state index < -0.39 is 0 Å². The van der Waals surface area contributed by atoms with Crippen LogP contribution in [0.15, 0.2) is 24.4 Å². The fourth-order valence-corrected chi connectivity index (χ4v) is 1.93. The molecule has 0 aliphatic carbocycles. The summed E-state index contributed by atoms with van der Waals surface area (Å²) in [6.07, 6.45) is 1.93. The van der Waals surface area contributed by atoms with Crippen LogP contribution in [0.3, 0.4) is 0 Å². The van der Waals surface area contributed by atoms with Crippen LogP contribution in [0.5, 0.6) is 0 Å². The van der Waals surface area contributed by atoms with Gasteiger partial charge in [-0.2, -0.15) is 0 Å². The Morgan fingerprint density at radius 2 is 2.06 bits per heavy atom. The van der Waals surface area contributed by atoms with Crippen molar-refractivity contribution in [1.82, 2.24) is 4.98 Å². The third kappa shape index (κ3) is 2.45. The number of quaternary nitrogens is 1. The number of rotatable bonds is 3. The molecule has 2 rings (SSSR count). The monoisotopic (exact) mass is 234 g/mol. The van der Waals surface area contributed by atoms with Gasteiger partial charge in [0.15, 0.2) is 0 Å². The van der Waals surface area contributed by atoms with Gasteiger partial charge >= 0.3 is 0 Å². The number of hydrogen-bond acceptors (Lipinski definition) is 2. The molecule has 0 radical (unpaired) electrons. The highest BCUT2D eigenvalue weighted by molar-refractivity contribution is 5.85. The van der Waals surface area contributed by atoms with Crippen molar-refractivity contribution in [3.05, 3.63) is 40.1 Å². The lowest BCUT2D eigenvalue weighted by Gasteiger charge is -2.23. The van der Waals surface area contributed by atoms with E-state index in [1.54, 1.807) is 12.1 Å². The summed E-state index contributed by atoms with van der Waals surface area (Å²) in [6, 6.07) is 4.94. The van der Waals surface area contributed by atoms with Crippen molar-refractivity contribution in [2.45, 2.75) is 6.54 Å². The first-order chi connectivity index (χ1) is 7.87. The molecular weight excluding hydrogens is 218 g/mol. The second-order valence-electron chi connectivity index (χ2n) is 5.25. The van der Waals surface area contributed by atoms with E-state index in [2.05, 4.69) is 26.1 Å². The molecule has 0 aliphatic rings. The van der Waals surface area contributed by atoms with Crippen LogP contribution in [0, 0.1) is 10.1 Å². The van der Waals surface area contributed by atoms with E-state index in [-0.39, 0.29) is 10.6 Å². The molecule has 0 aliphatic heterocycles. The van der Waals surface area contributed by atoms with Gasteiger partial charge in [0.25, 0.3) is 5.69 Å². The minimum absolute atomic E-state index is 0.121. The minimum atomic E-state index is -0.375. The molecule has 5 nitrogen and oxygen atoms in total. The van der Waals surface area contributed by atoms with Crippen molar-refractivity contribution in [1.29, 1.82) is 0 Å². The van der Waals surface area contributed by atoms with Crippen LogP contribution in [0.1, 0.15) is 5.56 Å². The summed E-state index contributed by atoms with van der Waals surface area (Å²) in [7, 11) is 6.35. The van der Waals surface area contributed by atoms with Gasteiger partial charge in [0.2, 0.25) is 0 Å². The summed E-state index contributed by atoms with van der Waals surface area (Å²) in [5.74, 6) is 0. The number of non-ortho nitro benzene ring substituents is 1. The maximum Gasteiger partial charge on any atom is 0.271 e. The second kappa shape index (κ2) is 3.85. The number of nitro groups is 1. The first kappa shape index (κ1) is 11.6. The molecule has 0 fully saturated rings. The van der Waals surface area contributed by atoms with Gasteiger partial charge in [0.05, 0.1) is 31.6 Å². The van der Waals surface area contributed by atoms with Gasteiger partial charge in [-0.3, -0.25) is 10.1 Å². The molecule has 1 aromatic carbocycles. The smallest absolute Gasteiger partial charge is 0.271 e. The maximum absolute atomic E-state index is 10.7. The number of H-pyrrole nitrogens is 1. The molecular formula is C12H16N3O2+. The Balaban J connectivity index is 2.45. The fourth-order valence-electron chi connectivity index (χ4n) is 1.93. The average molecular weight is 234 g/mol. The highest BCUT2D eigenvalue weighted by atomic mass is 16.6.